The second kappa shape index (κ2) is 14.4. The van der Waals surface area contributed by atoms with E-state index >= 15 is 4.79 Å². The Kier molecular flexibility index (Phi) is 10.5. The molecular formula is C43H63N5O7S. The van der Waals surface area contributed by atoms with Crippen LogP contribution < -0.4 is 21.3 Å². The molecule has 6 aliphatic rings. The molecular weight excluding hydrogens is 731 g/mol. The van der Waals surface area contributed by atoms with E-state index < -0.39 is 66.6 Å². The number of nitrogens with one attached hydrogen (secondary N) is 4. The highest BCUT2D eigenvalue weighted by Crippen LogP contribution is 2.65. The first-order valence-electron chi connectivity index (χ1n) is 21.1. The number of hydrogen-bond acceptors (Lipinski definition) is 7. The first-order valence-corrected chi connectivity index (χ1v) is 22.7. The number of hydrogen-bond donors (Lipinski definition) is 4. The summed E-state index contributed by atoms with van der Waals surface area (Å²) in [4.78, 5) is 72.3. The topological polar surface area (TPSA) is 171 Å². The van der Waals surface area contributed by atoms with Crippen LogP contribution in [0.25, 0.3) is 0 Å². The second-order valence-electron chi connectivity index (χ2n) is 19.7. The Morgan fingerprint density at radius 3 is 2.12 bits per heavy atom. The molecule has 1 heterocycles. The fourth-order valence-electron chi connectivity index (χ4n) is 10.7. The van der Waals surface area contributed by atoms with Crippen molar-refractivity contribution < 1.29 is 32.4 Å². The molecule has 0 bridgehead atoms. The van der Waals surface area contributed by atoms with Crippen molar-refractivity contribution in [1.29, 1.82) is 0 Å². The van der Waals surface area contributed by atoms with Crippen LogP contribution in [0.15, 0.2) is 24.3 Å². The predicted octanol–water partition coefficient (Wildman–Crippen LogP) is 4.24. The van der Waals surface area contributed by atoms with Crippen LogP contribution in [0, 0.1) is 35.0 Å². The van der Waals surface area contributed by atoms with E-state index in [-0.39, 0.29) is 35.0 Å². The summed E-state index contributed by atoms with van der Waals surface area (Å²) in [5.41, 5.74) is -0.309. The van der Waals surface area contributed by atoms with Gasteiger partial charge in [-0.1, -0.05) is 70.7 Å². The van der Waals surface area contributed by atoms with Crippen molar-refractivity contribution in [3.63, 3.8) is 0 Å². The SMILES string of the molecule is CCC1C[C@]1(NC(=O)[C@@H]1[C@@H]2[C@H](CN1C(=O)[C@@H](NC(=O)NC1([C@@H](C)S(=O)(=O)C(C)(C)C)CCCCC1)C1Cc3ccccc3C1)C2(C)C)C(=O)C(=O)NCC1CC1. The Morgan fingerprint density at radius 1 is 0.946 bits per heavy atom. The van der Waals surface area contributed by atoms with Gasteiger partial charge in [-0.25, -0.2) is 13.2 Å². The van der Waals surface area contributed by atoms with Crippen LogP contribution in [0.1, 0.15) is 117 Å². The number of sulfone groups is 1. The van der Waals surface area contributed by atoms with E-state index in [0.29, 0.717) is 57.5 Å². The van der Waals surface area contributed by atoms with E-state index in [1.54, 1.807) is 32.6 Å². The van der Waals surface area contributed by atoms with Crippen LogP contribution >= 0.6 is 0 Å². The maximum Gasteiger partial charge on any atom is 0.315 e. The van der Waals surface area contributed by atoms with E-state index in [9.17, 15) is 27.6 Å². The lowest BCUT2D eigenvalue weighted by Crippen LogP contribution is -2.65. The normalized spacial score (nSPS) is 29.9. The molecule has 1 unspecified atom stereocenters. The summed E-state index contributed by atoms with van der Waals surface area (Å²) < 4.78 is 26.6. The summed E-state index contributed by atoms with van der Waals surface area (Å²) in [5, 5.41) is 11.2. The Hall–Kier alpha value is -3.48. The maximum absolute atomic E-state index is 15.1. The molecule has 5 fully saturated rings. The molecule has 7 atom stereocenters. The highest BCUT2D eigenvalue weighted by Gasteiger charge is 2.71. The predicted molar refractivity (Wildman–Crippen MR) is 213 cm³/mol. The Balaban J connectivity index is 1.15. The summed E-state index contributed by atoms with van der Waals surface area (Å²) in [6, 6.07) is 5.53. The molecule has 5 amide bonds. The van der Waals surface area contributed by atoms with Gasteiger partial charge in [-0.05, 0) is 119 Å². The molecule has 1 aromatic rings. The van der Waals surface area contributed by atoms with Gasteiger partial charge in [0.25, 0.3) is 5.91 Å². The number of amides is 5. The van der Waals surface area contributed by atoms with Crippen LogP contribution in [0.5, 0.6) is 0 Å². The molecule has 7 rings (SSSR count). The zero-order valence-electron chi connectivity index (χ0n) is 34.3. The fourth-order valence-corrected chi connectivity index (χ4v) is 12.6. The van der Waals surface area contributed by atoms with E-state index in [2.05, 4.69) is 35.1 Å². The van der Waals surface area contributed by atoms with Crippen molar-refractivity contribution in [3.05, 3.63) is 35.4 Å². The van der Waals surface area contributed by atoms with Crippen LogP contribution in [-0.2, 0) is 41.9 Å². The van der Waals surface area contributed by atoms with Gasteiger partial charge in [-0.15, -0.1) is 0 Å². The summed E-state index contributed by atoms with van der Waals surface area (Å²) >= 11 is 0. The van der Waals surface area contributed by atoms with Gasteiger partial charge in [0.15, 0.2) is 9.84 Å². The van der Waals surface area contributed by atoms with Gasteiger partial charge in [0.1, 0.15) is 17.6 Å². The smallest absolute Gasteiger partial charge is 0.315 e. The van der Waals surface area contributed by atoms with Gasteiger partial charge < -0.3 is 26.2 Å². The zero-order valence-corrected chi connectivity index (χ0v) is 35.2. The van der Waals surface area contributed by atoms with Gasteiger partial charge in [0.05, 0.1) is 15.5 Å². The number of rotatable bonds is 13. The van der Waals surface area contributed by atoms with E-state index in [1.807, 2.05) is 31.2 Å². The number of Topliss-reactive ketones (excluding diaryl/α,β-unsaturated/α-hetero) is 1. The average Bonchev–Trinajstić information content (AvgIpc) is 4.09. The Morgan fingerprint density at radius 2 is 1.57 bits per heavy atom. The van der Waals surface area contributed by atoms with Gasteiger partial charge in [0, 0.05) is 13.1 Å². The van der Waals surface area contributed by atoms with Crippen LogP contribution in [0.4, 0.5) is 4.79 Å². The summed E-state index contributed by atoms with van der Waals surface area (Å²) in [6.07, 6.45) is 7.68. The standard InChI is InChI=1S/C43H63N5O7S/c1-8-30-22-43(30,35(49)37(51)44-23-26-16-17-26)46-36(50)34-32-31(41(32,6)7)24-48(34)38(52)33(29-20-27-14-10-11-15-28(27)21-29)45-39(53)47-42(18-12-9-13-19-42)25(2)56(54,55)40(3,4)5/h10-11,14-15,25-26,29-34H,8-9,12-13,16-24H2,1-7H3,(H,44,51)(H,46,50)(H2,45,47,53)/t25-,30?,31+,32+,33+,34+,43-/m1/s1. The van der Waals surface area contributed by atoms with Crippen molar-refractivity contribution in [2.24, 2.45) is 35.0 Å². The fraction of sp³-hybridized carbons (Fsp3) is 0.744. The third-order valence-corrected chi connectivity index (χ3v) is 18.0. The number of piperidine rings is 1. The summed E-state index contributed by atoms with van der Waals surface area (Å²) in [6.45, 7) is 13.7. The lowest BCUT2D eigenvalue weighted by Gasteiger charge is -2.44. The van der Waals surface area contributed by atoms with Gasteiger partial charge >= 0.3 is 6.03 Å². The molecule has 0 spiro atoms. The molecule has 5 aliphatic carbocycles. The molecule has 1 aliphatic heterocycles. The molecule has 12 nitrogen and oxygen atoms in total. The highest BCUT2D eigenvalue weighted by molar-refractivity contribution is 7.93. The quantitative estimate of drug-likeness (QED) is 0.217. The molecule has 4 N–H and O–H groups in total. The van der Waals surface area contributed by atoms with Crippen LogP contribution in [0.3, 0.4) is 0 Å². The Bertz CT molecular complexity index is 1850. The van der Waals surface area contributed by atoms with Gasteiger partial charge in [-0.2, -0.15) is 0 Å². The lowest BCUT2D eigenvalue weighted by molar-refractivity contribution is -0.145. The minimum atomic E-state index is -3.66. The molecule has 308 valence electrons. The first-order chi connectivity index (χ1) is 26.3. The highest BCUT2D eigenvalue weighted by atomic mass is 32.2. The average molecular weight is 794 g/mol. The number of benzene rings is 1. The van der Waals surface area contributed by atoms with Crippen molar-refractivity contribution in [3.8, 4) is 0 Å². The largest absolute Gasteiger partial charge is 0.349 e. The zero-order chi connectivity index (χ0) is 40.6. The molecule has 56 heavy (non-hydrogen) atoms. The van der Waals surface area contributed by atoms with E-state index in [1.165, 1.54) is 0 Å². The molecule has 4 saturated carbocycles. The number of ketones is 1. The minimum absolute atomic E-state index is 0.0566. The number of likely N-dealkylation sites (tertiary alicyclic amines) is 1. The van der Waals surface area contributed by atoms with Crippen LogP contribution in [0.2, 0.25) is 0 Å². The molecule has 0 aromatic heterocycles. The van der Waals surface area contributed by atoms with Crippen molar-refractivity contribution in [2.75, 3.05) is 13.1 Å². The van der Waals surface area contributed by atoms with Crippen LogP contribution in [-0.4, -0.2) is 89.1 Å². The summed E-state index contributed by atoms with van der Waals surface area (Å²) in [7, 11) is -3.66. The Labute approximate surface area is 332 Å². The summed E-state index contributed by atoms with van der Waals surface area (Å²) in [5.74, 6) is -2.26. The maximum atomic E-state index is 15.1. The third-order valence-electron chi connectivity index (χ3n) is 14.9. The van der Waals surface area contributed by atoms with E-state index in [0.717, 1.165) is 43.2 Å². The number of nitrogens with zero attached hydrogens (tertiary/aromatic N) is 1. The monoisotopic (exact) mass is 793 g/mol. The van der Waals surface area contributed by atoms with Gasteiger partial charge in [-0.3, -0.25) is 19.2 Å². The van der Waals surface area contributed by atoms with Gasteiger partial charge in [0.2, 0.25) is 17.6 Å². The second-order valence-corrected chi connectivity index (χ2v) is 22.7. The number of carbonyl (C=O) groups is 5. The van der Waals surface area contributed by atoms with Crippen molar-refractivity contribution >= 4 is 39.4 Å². The third kappa shape index (κ3) is 7.16. The molecule has 1 saturated heterocycles. The molecule has 1 aromatic carbocycles. The lowest BCUT2D eigenvalue weighted by atomic mass is 9.79. The minimum Gasteiger partial charge on any atom is -0.349 e. The number of fused-ring (bicyclic) bond motifs is 2. The molecule has 0 radical (unpaired) electrons. The number of urea groups is 1. The van der Waals surface area contributed by atoms with Crippen molar-refractivity contribution in [2.45, 2.75) is 152 Å². The molecule has 13 heteroatoms. The van der Waals surface area contributed by atoms with E-state index in [4.69, 9.17) is 0 Å². The first kappa shape index (κ1) is 40.7. The number of carbonyl (C=O) groups excluding carboxylic acids is 5. The van der Waals surface area contributed by atoms with Crippen molar-refractivity contribution in [1.82, 2.24) is 26.2 Å².